The summed E-state index contributed by atoms with van der Waals surface area (Å²) in [6.45, 7) is 1.69. The van der Waals surface area contributed by atoms with Gasteiger partial charge in [0, 0.05) is 6.51 Å². The van der Waals surface area contributed by atoms with Crippen molar-refractivity contribution in [2.75, 3.05) is 19.7 Å². The molecule has 1 saturated heterocycles. The Hall–Kier alpha value is -0.0151. The fourth-order valence-electron chi connectivity index (χ4n) is 0.516. The van der Waals surface area contributed by atoms with Gasteiger partial charge in [-0.1, -0.05) is 0 Å². The van der Waals surface area contributed by atoms with Gasteiger partial charge in [-0.3, -0.25) is 0 Å². The van der Waals surface area contributed by atoms with Crippen molar-refractivity contribution in [3.05, 3.63) is 0 Å². The molecule has 0 amide bonds. The van der Waals surface area contributed by atoms with Crippen LogP contribution in [0.2, 0.25) is 0 Å². The fourth-order valence-corrected chi connectivity index (χ4v) is 0.516. The molecule has 1 N–H and O–H groups in total. The van der Waals surface area contributed by atoms with Crippen LogP contribution in [-0.2, 0) is 4.74 Å². The fraction of sp³-hybridized carbons (Fsp3) is 1.00. The molecule has 0 atom stereocenters. The second kappa shape index (κ2) is 2.21. The van der Waals surface area contributed by atoms with E-state index in [9.17, 15) is 0 Å². The Morgan fingerprint density at radius 2 is 2.67 bits per heavy atom. The molecule has 0 aromatic heterocycles. The third kappa shape index (κ3) is 0.991. The van der Waals surface area contributed by atoms with Crippen LogP contribution < -0.4 is 5.32 Å². The van der Waals surface area contributed by atoms with Gasteiger partial charge in [-0.05, 0) is 6.44 Å². The summed E-state index contributed by atoms with van der Waals surface area (Å²) in [5, 5.41) is 3.06. The van der Waals surface area contributed by atoms with Crippen LogP contribution in [-0.4, -0.2) is 27.0 Å². The van der Waals surface area contributed by atoms with Crippen LogP contribution >= 0.6 is 0 Å². The van der Waals surface area contributed by atoms with Crippen molar-refractivity contribution in [1.82, 2.24) is 5.32 Å². The highest BCUT2D eigenvalue weighted by Crippen LogP contribution is 1.73. The Labute approximate surface area is 38.1 Å². The molecule has 0 radical (unpaired) electrons. The van der Waals surface area contributed by atoms with Crippen molar-refractivity contribution in [3.8, 4) is 0 Å². The van der Waals surface area contributed by atoms with E-state index in [1.165, 1.54) is 7.28 Å². The Morgan fingerprint density at radius 3 is 2.83 bits per heavy atom. The van der Waals surface area contributed by atoms with E-state index >= 15 is 0 Å². The zero-order valence-electron chi connectivity index (χ0n) is 3.74. The van der Waals surface area contributed by atoms with Crippen molar-refractivity contribution >= 4 is 7.28 Å². The highest BCUT2D eigenvalue weighted by atomic mass is 16.5. The Morgan fingerprint density at radius 1 is 1.67 bits per heavy atom. The van der Waals surface area contributed by atoms with Gasteiger partial charge in [-0.25, -0.2) is 0 Å². The molecule has 1 heterocycles. The Kier molecular flexibility index (Phi) is 1.53. The van der Waals surface area contributed by atoms with Crippen LogP contribution in [0.4, 0.5) is 0 Å². The Bertz CT molecular complexity index is 26.3. The third-order valence-electron chi connectivity index (χ3n) is 0.846. The van der Waals surface area contributed by atoms with Crippen LogP contribution in [0.3, 0.4) is 0 Å². The number of ether oxygens (including phenoxy) is 1. The maximum atomic E-state index is 4.96. The highest BCUT2D eigenvalue weighted by Gasteiger charge is 1.95. The molecule has 0 bridgehead atoms. The second-order valence-corrected chi connectivity index (χ2v) is 1.41. The monoisotopic (exact) mass is 85.1 g/mol. The van der Waals surface area contributed by atoms with E-state index in [-0.39, 0.29) is 0 Å². The van der Waals surface area contributed by atoms with Crippen LogP contribution in [0.25, 0.3) is 0 Å². The van der Waals surface area contributed by atoms with E-state index in [1.807, 2.05) is 0 Å². The molecular formula is C3H8BNO. The number of hydrogen-bond acceptors (Lipinski definition) is 2. The van der Waals surface area contributed by atoms with Crippen LogP contribution in [0.15, 0.2) is 0 Å². The number of hydrogen-bond donors (Lipinski definition) is 1. The molecule has 34 valence electrons. The normalized spacial score (nSPS) is 22.7. The molecule has 3 heteroatoms. The standard InChI is InChI=1S/C3H8BNO/c1-4-2-6-3-5-1/h4-5H,1-3H2. The van der Waals surface area contributed by atoms with Crippen molar-refractivity contribution in [1.29, 1.82) is 0 Å². The minimum atomic E-state index is 0.750. The summed E-state index contributed by atoms with van der Waals surface area (Å²) in [4.78, 5) is 0. The van der Waals surface area contributed by atoms with E-state index in [2.05, 4.69) is 5.32 Å². The average molecular weight is 84.9 g/mol. The average Bonchev–Trinajstić information content (AvgIpc) is 1.72. The van der Waals surface area contributed by atoms with Gasteiger partial charge in [0.05, 0.1) is 6.73 Å². The maximum Gasteiger partial charge on any atom is 0.170 e. The molecule has 1 fully saturated rings. The second-order valence-electron chi connectivity index (χ2n) is 1.41. The van der Waals surface area contributed by atoms with Crippen molar-refractivity contribution < 1.29 is 4.74 Å². The molecule has 0 saturated carbocycles. The smallest absolute Gasteiger partial charge is 0.170 e. The summed E-state index contributed by atoms with van der Waals surface area (Å²) in [5.41, 5.74) is 0. The van der Waals surface area contributed by atoms with Gasteiger partial charge in [-0.2, -0.15) is 0 Å². The first-order valence-corrected chi connectivity index (χ1v) is 2.28. The van der Waals surface area contributed by atoms with E-state index in [0.29, 0.717) is 0 Å². The number of rotatable bonds is 0. The topological polar surface area (TPSA) is 21.3 Å². The number of nitrogens with one attached hydrogen (secondary N) is 1. The van der Waals surface area contributed by atoms with Gasteiger partial charge in [0.2, 0.25) is 0 Å². The molecule has 1 aliphatic rings. The first kappa shape index (κ1) is 4.15. The SMILES string of the molecule is B1CNCOC1. The van der Waals surface area contributed by atoms with Gasteiger partial charge in [0.15, 0.2) is 7.28 Å². The van der Waals surface area contributed by atoms with Crippen molar-refractivity contribution in [2.45, 2.75) is 0 Å². The predicted molar refractivity (Wildman–Crippen MR) is 26.0 cm³/mol. The highest BCUT2D eigenvalue weighted by molar-refractivity contribution is 6.35. The molecule has 0 unspecified atom stereocenters. The van der Waals surface area contributed by atoms with Crippen LogP contribution in [0.1, 0.15) is 0 Å². The first-order chi connectivity index (χ1) is 3.00. The summed E-state index contributed by atoms with van der Waals surface area (Å²) < 4.78 is 4.96. The third-order valence-corrected chi connectivity index (χ3v) is 0.846. The molecule has 0 aromatic rings. The lowest BCUT2D eigenvalue weighted by atomic mass is 9.80. The zero-order valence-corrected chi connectivity index (χ0v) is 3.74. The van der Waals surface area contributed by atoms with Crippen molar-refractivity contribution in [2.24, 2.45) is 0 Å². The molecule has 0 aromatic carbocycles. The van der Waals surface area contributed by atoms with Gasteiger partial charge >= 0.3 is 0 Å². The molecule has 0 aliphatic carbocycles. The summed E-state index contributed by atoms with van der Waals surface area (Å²) in [5.74, 6) is 0. The predicted octanol–water partition coefficient (Wildman–Crippen LogP) is -1.08. The summed E-state index contributed by atoms with van der Waals surface area (Å²) in [6.07, 6.45) is 1.12. The summed E-state index contributed by atoms with van der Waals surface area (Å²) in [7, 11) is 1.17. The van der Waals surface area contributed by atoms with Crippen molar-refractivity contribution in [3.63, 3.8) is 0 Å². The maximum absolute atomic E-state index is 4.96. The molecule has 1 aliphatic heterocycles. The van der Waals surface area contributed by atoms with Gasteiger partial charge in [0.25, 0.3) is 0 Å². The largest absolute Gasteiger partial charge is 0.375 e. The lowest BCUT2D eigenvalue weighted by Gasteiger charge is -2.09. The van der Waals surface area contributed by atoms with Crippen LogP contribution in [0, 0.1) is 0 Å². The minimum Gasteiger partial charge on any atom is -0.375 e. The molecule has 0 spiro atoms. The van der Waals surface area contributed by atoms with Gasteiger partial charge in [-0.15, -0.1) is 0 Å². The zero-order chi connectivity index (χ0) is 4.24. The molecule has 2 nitrogen and oxygen atoms in total. The summed E-state index contributed by atoms with van der Waals surface area (Å²) >= 11 is 0. The lowest BCUT2D eigenvalue weighted by molar-refractivity contribution is 0.148. The summed E-state index contributed by atoms with van der Waals surface area (Å²) in [6, 6.07) is 0. The van der Waals surface area contributed by atoms with E-state index in [1.54, 1.807) is 0 Å². The Balaban J connectivity index is 2.00. The first-order valence-electron chi connectivity index (χ1n) is 2.28. The van der Waals surface area contributed by atoms with E-state index in [0.717, 1.165) is 19.7 Å². The lowest BCUT2D eigenvalue weighted by Crippen LogP contribution is -2.32. The van der Waals surface area contributed by atoms with E-state index in [4.69, 9.17) is 4.74 Å². The molecule has 6 heavy (non-hydrogen) atoms. The molecular weight excluding hydrogens is 76.9 g/mol. The molecule has 1 rings (SSSR count). The van der Waals surface area contributed by atoms with Gasteiger partial charge < -0.3 is 10.1 Å². The van der Waals surface area contributed by atoms with E-state index < -0.39 is 0 Å². The van der Waals surface area contributed by atoms with Crippen LogP contribution in [0.5, 0.6) is 0 Å². The van der Waals surface area contributed by atoms with Gasteiger partial charge in [0.1, 0.15) is 0 Å². The quantitative estimate of drug-likeness (QED) is 0.377. The minimum absolute atomic E-state index is 0.750.